The van der Waals surface area contributed by atoms with Crippen molar-refractivity contribution in [2.24, 2.45) is 0 Å². The molecule has 1 radical (unpaired) electrons. The fourth-order valence-electron chi connectivity index (χ4n) is 3.69. The Hall–Kier alpha value is -1.87. The third kappa shape index (κ3) is 1.88. The summed E-state index contributed by atoms with van der Waals surface area (Å²) in [5.41, 5.74) is 16.4. The predicted octanol–water partition coefficient (Wildman–Crippen LogP) is 4.60. The Morgan fingerprint density at radius 3 is 2.82 bits per heavy atom. The molecule has 1 N–H and O–H groups in total. The average Bonchev–Trinajstić information content (AvgIpc) is 2.94. The molecule has 0 atom stereocenters. The van der Waals surface area contributed by atoms with Crippen LogP contribution >= 0.6 is 15.9 Å². The van der Waals surface area contributed by atoms with Crippen LogP contribution in [0.5, 0.6) is 0 Å². The van der Waals surface area contributed by atoms with Gasteiger partial charge in [-0.15, -0.1) is 0 Å². The monoisotopic (exact) mass is 352 g/mol. The second-order valence-corrected chi connectivity index (χ2v) is 6.92. The smallest absolute Gasteiger partial charge is 0.267 e. The van der Waals surface area contributed by atoms with Gasteiger partial charge in [-0.1, -0.05) is 45.8 Å². The van der Waals surface area contributed by atoms with Crippen LogP contribution in [0.25, 0.3) is 17.2 Å². The minimum Gasteiger partial charge on any atom is -0.267 e. The number of halogens is 1. The van der Waals surface area contributed by atoms with Crippen molar-refractivity contribution in [3.8, 4) is 11.1 Å². The number of fused-ring (bicyclic) bond motifs is 3. The highest BCUT2D eigenvalue weighted by molar-refractivity contribution is 9.10. The molecule has 0 saturated heterocycles. The fourth-order valence-corrected chi connectivity index (χ4v) is 4.40. The first-order valence-corrected chi connectivity index (χ1v) is 8.25. The molecule has 0 saturated carbocycles. The lowest BCUT2D eigenvalue weighted by atomic mass is 9.90. The molecule has 2 aliphatic rings. The summed E-state index contributed by atoms with van der Waals surface area (Å²) in [4.78, 5) is 11.9. The van der Waals surface area contributed by atoms with Crippen molar-refractivity contribution in [1.29, 1.82) is 0 Å². The molecule has 22 heavy (non-hydrogen) atoms. The van der Waals surface area contributed by atoms with Crippen LogP contribution in [0, 0.1) is 0 Å². The molecular weight excluding hydrogens is 338 g/mol. The summed E-state index contributed by atoms with van der Waals surface area (Å²) in [6.07, 6.45) is 5.07. The molecule has 2 bridgehead atoms. The number of hydrogen-bond acceptors (Lipinski definition) is 1. The largest absolute Gasteiger partial charge is 0.270 e. The Labute approximate surface area is 138 Å². The van der Waals surface area contributed by atoms with E-state index >= 15 is 0 Å². The third-order valence-electron chi connectivity index (χ3n) is 4.65. The Morgan fingerprint density at radius 2 is 2.05 bits per heavy atom. The molecule has 2 aliphatic carbocycles. The summed E-state index contributed by atoms with van der Waals surface area (Å²) in [6.45, 7) is 2.14. The number of aryl methyl sites for hydroxylation is 1. The lowest BCUT2D eigenvalue weighted by Crippen LogP contribution is -2.05. The van der Waals surface area contributed by atoms with Crippen LogP contribution in [0.1, 0.15) is 39.5 Å². The Balaban J connectivity index is 2.06. The second kappa shape index (κ2) is 4.82. The van der Waals surface area contributed by atoms with Crippen LogP contribution < -0.4 is 5.73 Å². The second-order valence-electron chi connectivity index (χ2n) is 6.13. The highest BCUT2D eigenvalue weighted by Gasteiger charge is 2.27. The van der Waals surface area contributed by atoms with E-state index in [4.69, 9.17) is 5.73 Å². The van der Waals surface area contributed by atoms with Crippen molar-refractivity contribution in [3.05, 3.63) is 62.1 Å². The number of hydrogen-bond donors (Lipinski definition) is 0. The van der Waals surface area contributed by atoms with E-state index in [-0.39, 0.29) is 0 Å². The number of allylic oxidation sites excluding steroid dienone is 1. The maximum atomic E-state index is 11.9. The van der Waals surface area contributed by atoms with Crippen LogP contribution in [0.2, 0.25) is 0 Å². The molecule has 0 spiro atoms. The summed E-state index contributed by atoms with van der Waals surface area (Å²) in [7, 11) is 0. The van der Waals surface area contributed by atoms with Crippen LogP contribution in [0.4, 0.5) is 0 Å². The van der Waals surface area contributed by atoms with Crippen LogP contribution in [0.15, 0.2) is 34.3 Å². The van der Waals surface area contributed by atoms with Gasteiger partial charge in [0, 0.05) is 10.0 Å². The van der Waals surface area contributed by atoms with Crippen LogP contribution in [0.3, 0.4) is 0 Å². The zero-order valence-corrected chi connectivity index (χ0v) is 13.9. The number of carbonyl (C=O) groups is 1. The normalized spacial score (nSPS) is 14.9. The topological polar surface area (TPSA) is 40.9 Å². The fraction of sp³-hybridized carbons (Fsp3) is 0.211. The molecule has 0 aromatic heterocycles. The number of benzene rings is 2. The zero-order valence-electron chi connectivity index (χ0n) is 12.3. The first-order valence-electron chi connectivity index (χ1n) is 7.46. The van der Waals surface area contributed by atoms with E-state index in [2.05, 4.69) is 47.1 Å². The van der Waals surface area contributed by atoms with E-state index < -0.39 is 5.91 Å². The zero-order chi connectivity index (χ0) is 15.4. The predicted molar refractivity (Wildman–Crippen MR) is 91.8 cm³/mol. The van der Waals surface area contributed by atoms with E-state index in [9.17, 15) is 4.79 Å². The van der Waals surface area contributed by atoms with Gasteiger partial charge in [-0.3, -0.25) is 10.5 Å². The Bertz CT molecular complexity index is 864. The SMILES string of the molecule is CC1=Cc2c(cccc2-c2c(C([NH])=O)cc3c(Br)c2CC3)C1. The number of carbonyl (C=O) groups excluding carboxylic acids is 1. The highest BCUT2D eigenvalue weighted by atomic mass is 79.9. The molecule has 0 heterocycles. The Morgan fingerprint density at radius 1 is 1.23 bits per heavy atom. The van der Waals surface area contributed by atoms with Gasteiger partial charge >= 0.3 is 0 Å². The first-order chi connectivity index (χ1) is 10.6. The van der Waals surface area contributed by atoms with Crippen LogP contribution in [-0.2, 0) is 19.3 Å². The van der Waals surface area contributed by atoms with Crippen molar-refractivity contribution in [2.75, 3.05) is 0 Å². The molecular formula is C19H15BrNO. The average molecular weight is 353 g/mol. The van der Waals surface area contributed by atoms with Crippen molar-refractivity contribution in [2.45, 2.75) is 26.2 Å². The van der Waals surface area contributed by atoms with E-state index in [1.807, 2.05) is 6.07 Å². The molecule has 4 rings (SSSR count). The summed E-state index contributed by atoms with van der Waals surface area (Å²) >= 11 is 3.68. The summed E-state index contributed by atoms with van der Waals surface area (Å²) < 4.78 is 1.11. The van der Waals surface area contributed by atoms with Gasteiger partial charge in [-0.2, -0.15) is 0 Å². The molecule has 0 aliphatic heterocycles. The first kappa shape index (κ1) is 13.8. The van der Waals surface area contributed by atoms with Crippen LogP contribution in [-0.4, -0.2) is 5.91 Å². The van der Waals surface area contributed by atoms with Gasteiger partial charge in [0.2, 0.25) is 0 Å². The lowest BCUT2D eigenvalue weighted by Gasteiger charge is -2.15. The van der Waals surface area contributed by atoms with E-state index in [1.165, 1.54) is 22.3 Å². The molecule has 1 amide bonds. The van der Waals surface area contributed by atoms with E-state index in [0.29, 0.717) is 5.56 Å². The summed E-state index contributed by atoms with van der Waals surface area (Å²) in [5.74, 6) is -0.594. The van der Waals surface area contributed by atoms with Crippen molar-refractivity contribution in [1.82, 2.24) is 5.73 Å². The molecule has 0 unspecified atom stereocenters. The van der Waals surface area contributed by atoms with Gasteiger partial charge in [-0.25, -0.2) is 0 Å². The molecule has 2 aromatic rings. The van der Waals surface area contributed by atoms with E-state index in [0.717, 1.165) is 40.4 Å². The summed E-state index contributed by atoms with van der Waals surface area (Å²) in [6, 6.07) is 8.19. The van der Waals surface area contributed by atoms with Gasteiger partial charge in [0.1, 0.15) is 0 Å². The van der Waals surface area contributed by atoms with Crippen molar-refractivity contribution >= 4 is 27.9 Å². The number of nitrogens with one attached hydrogen (secondary N) is 1. The van der Waals surface area contributed by atoms with Crippen molar-refractivity contribution < 1.29 is 4.79 Å². The maximum Gasteiger partial charge on any atom is 0.270 e. The van der Waals surface area contributed by atoms with Gasteiger partial charge in [-0.05, 0) is 65.6 Å². The molecule has 0 fully saturated rings. The van der Waals surface area contributed by atoms with E-state index in [1.54, 1.807) is 0 Å². The summed E-state index contributed by atoms with van der Waals surface area (Å²) in [5, 5.41) is 0. The minimum atomic E-state index is -0.594. The highest BCUT2D eigenvalue weighted by Crippen LogP contribution is 2.43. The number of amides is 1. The maximum absolute atomic E-state index is 11.9. The lowest BCUT2D eigenvalue weighted by molar-refractivity contribution is 0.0992. The van der Waals surface area contributed by atoms with Gasteiger partial charge in [0.05, 0.1) is 0 Å². The molecule has 3 heteroatoms. The quantitative estimate of drug-likeness (QED) is 0.778. The van der Waals surface area contributed by atoms with Gasteiger partial charge in [0.25, 0.3) is 5.91 Å². The molecule has 2 aromatic carbocycles. The number of rotatable bonds is 2. The molecule has 2 nitrogen and oxygen atoms in total. The third-order valence-corrected chi connectivity index (χ3v) is 5.64. The minimum absolute atomic E-state index is 0.539. The molecule has 109 valence electrons. The Kier molecular flexibility index (Phi) is 3.01. The van der Waals surface area contributed by atoms with Gasteiger partial charge in [0.15, 0.2) is 0 Å². The van der Waals surface area contributed by atoms with Gasteiger partial charge < -0.3 is 0 Å². The van der Waals surface area contributed by atoms with Crippen molar-refractivity contribution in [3.63, 3.8) is 0 Å². The standard InChI is InChI=1S/C19H15BrNO/c1-10-7-11-3-2-4-13(15(11)8-10)17-14-6-5-12(18(14)20)9-16(17)19(21)22/h2-4,8-9,21H,5-7H2,1H3.